The second kappa shape index (κ2) is 15.7. The molecule has 0 unspecified atom stereocenters. The molecule has 0 saturated carbocycles. The number of sulfonamides is 1. The van der Waals surface area contributed by atoms with Gasteiger partial charge in [0, 0.05) is 36.9 Å². The van der Waals surface area contributed by atoms with E-state index in [0.29, 0.717) is 13.0 Å². The number of halogens is 2. The number of benzene rings is 3. The van der Waals surface area contributed by atoms with Crippen LogP contribution in [0.15, 0.2) is 83.3 Å². The Morgan fingerprint density at radius 2 is 1.59 bits per heavy atom. The van der Waals surface area contributed by atoms with Crippen LogP contribution in [0, 0.1) is 5.82 Å². The standard InChI is InChI=1S/C31H37BrFN3O4S/c1-3-4-20-34-31(38)29(22-24-11-6-5-7-12-24)35(23-25-16-18-26(32)19-17-25)30(37)15-10-21-36(41(2,39)40)28-14-9-8-13-27(28)33/h5-9,11-14,16-19,29H,3-4,10,15,20-23H2,1-2H3,(H,34,38)/t29-/m1/s1. The normalized spacial score (nSPS) is 12.0. The topological polar surface area (TPSA) is 86.8 Å². The van der Waals surface area contributed by atoms with E-state index < -0.39 is 21.9 Å². The Hall–Kier alpha value is -3.24. The summed E-state index contributed by atoms with van der Waals surface area (Å²) in [6.45, 7) is 2.67. The largest absolute Gasteiger partial charge is 0.354 e. The number of nitrogens with zero attached hydrogens (tertiary/aromatic N) is 2. The highest BCUT2D eigenvalue weighted by Gasteiger charge is 2.30. The number of unbranched alkanes of at least 4 members (excludes halogenated alkanes) is 1. The quantitative estimate of drug-likeness (QED) is 0.215. The Morgan fingerprint density at radius 1 is 0.927 bits per heavy atom. The van der Waals surface area contributed by atoms with Crippen molar-refractivity contribution in [3.8, 4) is 0 Å². The molecule has 41 heavy (non-hydrogen) atoms. The minimum Gasteiger partial charge on any atom is -0.354 e. The zero-order chi connectivity index (χ0) is 29.8. The summed E-state index contributed by atoms with van der Waals surface area (Å²) in [5.74, 6) is -1.19. The van der Waals surface area contributed by atoms with Crippen molar-refractivity contribution >= 4 is 43.5 Å². The molecule has 220 valence electrons. The van der Waals surface area contributed by atoms with E-state index in [4.69, 9.17) is 0 Å². The van der Waals surface area contributed by atoms with Crippen molar-refractivity contribution in [1.29, 1.82) is 0 Å². The van der Waals surface area contributed by atoms with E-state index in [-0.39, 0.29) is 43.4 Å². The number of rotatable bonds is 15. The van der Waals surface area contributed by atoms with E-state index in [0.717, 1.165) is 39.0 Å². The second-order valence-corrected chi connectivity index (χ2v) is 12.7. The van der Waals surface area contributed by atoms with E-state index >= 15 is 0 Å². The number of amides is 2. The molecular formula is C31H37BrFN3O4S. The summed E-state index contributed by atoms with van der Waals surface area (Å²) in [7, 11) is -3.79. The van der Waals surface area contributed by atoms with Crippen molar-refractivity contribution in [3.63, 3.8) is 0 Å². The lowest BCUT2D eigenvalue weighted by atomic mass is 10.0. The second-order valence-electron chi connectivity index (χ2n) is 9.89. The van der Waals surface area contributed by atoms with Crippen LogP contribution in [0.2, 0.25) is 0 Å². The van der Waals surface area contributed by atoms with E-state index in [1.807, 2.05) is 61.5 Å². The minimum atomic E-state index is -3.79. The molecule has 1 N–H and O–H groups in total. The van der Waals surface area contributed by atoms with Crippen LogP contribution in [-0.4, -0.2) is 50.5 Å². The third-order valence-corrected chi connectivity index (χ3v) is 8.35. The molecule has 0 aliphatic rings. The SMILES string of the molecule is CCCCNC(=O)[C@@H](Cc1ccccc1)N(Cc1ccc(Br)cc1)C(=O)CCCN(c1ccccc1F)S(C)(=O)=O. The molecule has 2 amide bonds. The third kappa shape index (κ3) is 9.97. The van der Waals surface area contributed by atoms with Crippen LogP contribution < -0.4 is 9.62 Å². The van der Waals surface area contributed by atoms with Crippen LogP contribution in [0.25, 0.3) is 0 Å². The van der Waals surface area contributed by atoms with Crippen LogP contribution in [0.4, 0.5) is 10.1 Å². The Labute approximate surface area is 250 Å². The summed E-state index contributed by atoms with van der Waals surface area (Å²) >= 11 is 3.44. The number of carbonyl (C=O) groups is 2. The van der Waals surface area contributed by atoms with Crippen molar-refractivity contribution in [2.24, 2.45) is 0 Å². The predicted octanol–water partition coefficient (Wildman–Crippen LogP) is 5.69. The zero-order valence-corrected chi connectivity index (χ0v) is 25.8. The van der Waals surface area contributed by atoms with Crippen molar-refractivity contribution < 1.29 is 22.4 Å². The molecule has 0 aliphatic carbocycles. The Kier molecular flexibility index (Phi) is 12.3. The first-order valence-electron chi connectivity index (χ1n) is 13.7. The molecular weight excluding hydrogens is 609 g/mol. The minimum absolute atomic E-state index is 0.0233. The van der Waals surface area contributed by atoms with Gasteiger partial charge in [0.25, 0.3) is 0 Å². The average molecular weight is 647 g/mol. The monoisotopic (exact) mass is 645 g/mol. The lowest BCUT2D eigenvalue weighted by Crippen LogP contribution is -2.50. The highest BCUT2D eigenvalue weighted by Crippen LogP contribution is 2.23. The fraction of sp³-hybridized carbons (Fsp3) is 0.355. The van der Waals surface area contributed by atoms with Crippen LogP contribution in [0.5, 0.6) is 0 Å². The van der Waals surface area contributed by atoms with Gasteiger partial charge >= 0.3 is 0 Å². The fourth-order valence-electron chi connectivity index (χ4n) is 4.48. The molecule has 0 saturated heterocycles. The Balaban J connectivity index is 1.87. The van der Waals surface area contributed by atoms with Gasteiger partial charge in [-0.2, -0.15) is 0 Å². The summed E-state index contributed by atoms with van der Waals surface area (Å²) in [5, 5.41) is 2.99. The van der Waals surface area contributed by atoms with Gasteiger partial charge in [-0.15, -0.1) is 0 Å². The van der Waals surface area contributed by atoms with Crippen LogP contribution >= 0.6 is 15.9 Å². The lowest BCUT2D eigenvalue weighted by molar-refractivity contribution is -0.141. The van der Waals surface area contributed by atoms with Gasteiger partial charge in [0.2, 0.25) is 21.8 Å². The molecule has 0 heterocycles. The van der Waals surface area contributed by atoms with Crippen molar-refractivity contribution in [2.75, 3.05) is 23.7 Å². The van der Waals surface area contributed by atoms with Crippen LogP contribution in [-0.2, 0) is 32.6 Å². The van der Waals surface area contributed by atoms with Gasteiger partial charge in [0.15, 0.2) is 0 Å². The highest BCUT2D eigenvalue weighted by molar-refractivity contribution is 9.10. The maximum atomic E-state index is 14.5. The number of para-hydroxylation sites is 1. The first kappa shape index (κ1) is 32.3. The maximum Gasteiger partial charge on any atom is 0.243 e. The zero-order valence-electron chi connectivity index (χ0n) is 23.4. The van der Waals surface area contributed by atoms with Gasteiger partial charge in [-0.05, 0) is 48.2 Å². The molecule has 7 nitrogen and oxygen atoms in total. The van der Waals surface area contributed by atoms with Gasteiger partial charge in [-0.3, -0.25) is 13.9 Å². The molecule has 0 bridgehead atoms. The number of carbonyl (C=O) groups excluding carboxylic acids is 2. The molecule has 1 atom stereocenters. The van der Waals surface area contributed by atoms with Crippen LogP contribution in [0.1, 0.15) is 43.7 Å². The number of nitrogens with one attached hydrogen (secondary N) is 1. The first-order valence-corrected chi connectivity index (χ1v) is 16.3. The van der Waals surface area contributed by atoms with Crippen LogP contribution in [0.3, 0.4) is 0 Å². The summed E-state index contributed by atoms with van der Waals surface area (Å²) in [6, 6.07) is 21.9. The molecule has 0 spiro atoms. The molecule has 0 aliphatic heterocycles. The van der Waals surface area contributed by atoms with E-state index in [1.54, 1.807) is 11.0 Å². The third-order valence-electron chi connectivity index (χ3n) is 6.64. The summed E-state index contributed by atoms with van der Waals surface area (Å²) in [6.07, 6.45) is 3.20. The fourth-order valence-corrected chi connectivity index (χ4v) is 5.71. The molecule has 0 radical (unpaired) electrons. The first-order chi connectivity index (χ1) is 19.6. The summed E-state index contributed by atoms with van der Waals surface area (Å²) in [4.78, 5) is 28.9. The number of hydrogen-bond donors (Lipinski definition) is 1. The molecule has 3 aromatic rings. The van der Waals surface area contributed by atoms with E-state index in [2.05, 4.69) is 21.2 Å². The Morgan fingerprint density at radius 3 is 2.22 bits per heavy atom. The smallest absolute Gasteiger partial charge is 0.243 e. The maximum absolute atomic E-state index is 14.5. The van der Waals surface area contributed by atoms with E-state index in [9.17, 15) is 22.4 Å². The summed E-state index contributed by atoms with van der Waals surface area (Å²) in [5.41, 5.74) is 1.70. The summed E-state index contributed by atoms with van der Waals surface area (Å²) < 4.78 is 41.3. The van der Waals surface area contributed by atoms with Gasteiger partial charge in [0.1, 0.15) is 11.9 Å². The van der Waals surface area contributed by atoms with Gasteiger partial charge < -0.3 is 10.2 Å². The highest BCUT2D eigenvalue weighted by atomic mass is 79.9. The average Bonchev–Trinajstić information content (AvgIpc) is 2.94. The Bertz CT molecular complexity index is 1390. The van der Waals surface area contributed by atoms with E-state index in [1.165, 1.54) is 18.2 Å². The van der Waals surface area contributed by atoms with Gasteiger partial charge in [0.05, 0.1) is 11.9 Å². The molecule has 0 fully saturated rings. The molecule has 10 heteroatoms. The molecule has 3 aromatic carbocycles. The number of hydrogen-bond acceptors (Lipinski definition) is 4. The van der Waals surface area contributed by atoms with Gasteiger partial charge in [-0.1, -0.05) is 83.9 Å². The lowest BCUT2D eigenvalue weighted by Gasteiger charge is -2.32. The van der Waals surface area contributed by atoms with Gasteiger partial charge in [-0.25, -0.2) is 12.8 Å². The predicted molar refractivity (Wildman–Crippen MR) is 164 cm³/mol. The molecule has 3 rings (SSSR count). The van der Waals surface area contributed by atoms with Crippen molar-refractivity contribution in [2.45, 2.75) is 51.6 Å². The molecule has 0 aromatic heterocycles. The van der Waals surface area contributed by atoms with Crippen molar-refractivity contribution in [3.05, 3.63) is 100 Å². The van der Waals surface area contributed by atoms with Crippen molar-refractivity contribution in [1.82, 2.24) is 10.2 Å². The number of anilines is 1.